The van der Waals surface area contributed by atoms with Crippen molar-refractivity contribution in [1.29, 1.82) is 0 Å². The van der Waals surface area contributed by atoms with Crippen molar-refractivity contribution < 1.29 is 19.1 Å². The number of fused-ring (bicyclic) bond motifs is 1. The minimum atomic E-state index is -0.942. The number of aromatic nitrogens is 2. The molecule has 1 atom stereocenters. The predicted molar refractivity (Wildman–Crippen MR) is 117 cm³/mol. The molecule has 1 saturated heterocycles. The van der Waals surface area contributed by atoms with E-state index in [1.54, 1.807) is 7.05 Å². The van der Waals surface area contributed by atoms with E-state index >= 15 is 0 Å². The molecule has 14 heteroatoms. The van der Waals surface area contributed by atoms with Gasteiger partial charge in [-0.05, 0) is 23.6 Å². The molecule has 0 saturated carbocycles. The van der Waals surface area contributed by atoms with Gasteiger partial charge in [-0.25, -0.2) is 28.4 Å². The van der Waals surface area contributed by atoms with E-state index in [0.717, 1.165) is 15.7 Å². The Morgan fingerprint density at radius 1 is 1.15 bits per heavy atom. The van der Waals surface area contributed by atoms with Gasteiger partial charge in [-0.1, -0.05) is 12.1 Å². The number of amides is 3. The van der Waals surface area contributed by atoms with Crippen molar-refractivity contribution in [2.75, 3.05) is 21.1 Å². The molecule has 0 bridgehead atoms. The fourth-order valence-electron chi connectivity index (χ4n) is 3.53. The molecule has 1 aromatic heterocycles. The fourth-order valence-corrected chi connectivity index (χ4v) is 3.53. The molecule has 0 aliphatic carbocycles. The maximum Gasteiger partial charge on any atom is 0.421 e. The van der Waals surface area contributed by atoms with Crippen LogP contribution < -0.4 is 26.4 Å². The normalized spacial score (nSPS) is 17.9. The minimum Gasteiger partial charge on any atom is -0.859 e. The Hall–Kier alpha value is -4.71. The second-order valence-corrected chi connectivity index (χ2v) is 7.61. The van der Waals surface area contributed by atoms with Gasteiger partial charge in [0.05, 0.1) is 25.4 Å². The first kappa shape index (κ1) is 22.5. The number of hydrogen-bond acceptors (Lipinski definition) is 8. The van der Waals surface area contributed by atoms with E-state index in [9.17, 15) is 28.7 Å². The highest BCUT2D eigenvalue weighted by Crippen LogP contribution is 2.16. The van der Waals surface area contributed by atoms with E-state index in [0.29, 0.717) is 5.56 Å². The molecule has 2 N–H and O–H groups in total. The van der Waals surface area contributed by atoms with Crippen LogP contribution >= 0.6 is 0 Å². The van der Waals surface area contributed by atoms with Crippen LogP contribution in [0.3, 0.4) is 0 Å². The van der Waals surface area contributed by atoms with Gasteiger partial charge in [-0.2, -0.15) is 5.43 Å². The Kier molecular flexibility index (Phi) is 5.51. The van der Waals surface area contributed by atoms with E-state index < -0.39 is 46.5 Å². The molecule has 0 radical (unpaired) electrons. The SMILES string of the molecule is CN1C(=O)C2C(=[N+]=C(N/N=C/c3c([O-])n(Cc4ccc(F)cc4)c(=O)[nH]c3=O)N2C)N(C)C1=O. The molecular formula is C20H19FN8O5. The highest BCUT2D eigenvalue weighted by Gasteiger charge is 2.53. The summed E-state index contributed by atoms with van der Waals surface area (Å²) < 4.78 is 18.1. The van der Waals surface area contributed by atoms with E-state index in [4.69, 9.17) is 0 Å². The molecule has 13 nitrogen and oxygen atoms in total. The number of benzene rings is 1. The number of hydrogen-bond donors (Lipinski definition) is 2. The average Bonchev–Trinajstić information content (AvgIpc) is 3.13. The molecule has 1 unspecified atom stereocenters. The number of carbonyl (C=O) groups excluding carboxylic acids is 2. The number of urea groups is 1. The summed E-state index contributed by atoms with van der Waals surface area (Å²) in [6.45, 7) is -0.186. The predicted octanol–water partition coefficient (Wildman–Crippen LogP) is -2.62. The van der Waals surface area contributed by atoms with Gasteiger partial charge >= 0.3 is 23.5 Å². The Morgan fingerprint density at radius 2 is 1.82 bits per heavy atom. The van der Waals surface area contributed by atoms with Gasteiger partial charge in [0.25, 0.3) is 11.5 Å². The third kappa shape index (κ3) is 3.71. The van der Waals surface area contributed by atoms with Gasteiger partial charge in [0.15, 0.2) is 0 Å². The molecule has 2 aliphatic heterocycles. The number of nitrogens with one attached hydrogen (secondary N) is 2. The number of nitrogens with zero attached hydrogens (tertiary/aromatic N) is 6. The lowest BCUT2D eigenvalue weighted by Crippen LogP contribution is -2.63. The highest BCUT2D eigenvalue weighted by atomic mass is 19.1. The summed E-state index contributed by atoms with van der Waals surface area (Å²) in [5, 5.41) is 16.6. The van der Waals surface area contributed by atoms with Crippen molar-refractivity contribution >= 4 is 29.9 Å². The molecule has 2 aliphatic rings. The van der Waals surface area contributed by atoms with Crippen LogP contribution in [-0.4, -0.2) is 81.4 Å². The largest absolute Gasteiger partial charge is 0.859 e. The summed E-state index contributed by atoms with van der Waals surface area (Å²) in [5.41, 5.74) is 0.736. The van der Waals surface area contributed by atoms with Gasteiger partial charge in [0.1, 0.15) is 5.82 Å². The van der Waals surface area contributed by atoms with Gasteiger partial charge in [-0.3, -0.25) is 19.5 Å². The van der Waals surface area contributed by atoms with Crippen LogP contribution in [0.25, 0.3) is 0 Å². The molecule has 1 aromatic carbocycles. The maximum absolute atomic E-state index is 13.1. The monoisotopic (exact) mass is 470 g/mol. The third-order valence-electron chi connectivity index (χ3n) is 5.47. The molecule has 1 fully saturated rings. The number of hydrazone groups is 1. The van der Waals surface area contributed by atoms with E-state index in [1.807, 2.05) is 4.98 Å². The first-order valence-corrected chi connectivity index (χ1v) is 9.91. The van der Waals surface area contributed by atoms with Crippen molar-refractivity contribution in [1.82, 2.24) is 34.3 Å². The Balaban J connectivity index is 1.60. The van der Waals surface area contributed by atoms with Crippen LogP contribution in [0.4, 0.5) is 9.18 Å². The topological polar surface area (TPSA) is 160 Å². The lowest BCUT2D eigenvalue weighted by molar-refractivity contribution is -0.280. The van der Waals surface area contributed by atoms with E-state index in [-0.39, 0.29) is 18.3 Å². The maximum atomic E-state index is 13.1. The second-order valence-electron chi connectivity index (χ2n) is 7.61. The molecule has 176 valence electrons. The molecule has 34 heavy (non-hydrogen) atoms. The summed E-state index contributed by atoms with van der Waals surface area (Å²) in [5.74, 6) is -1.54. The van der Waals surface area contributed by atoms with Crippen LogP contribution in [0.1, 0.15) is 11.1 Å². The molecule has 2 aromatic rings. The second kappa shape index (κ2) is 8.33. The summed E-state index contributed by atoms with van der Waals surface area (Å²) in [4.78, 5) is 54.6. The summed E-state index contributed by atoms with van der Waals surface area (Å²) in [7, 11) is 4.39. The molecule has 0 spiro atoms. The number of H-pyrrole nitrogens is 1. The van der Waals surface area contributed by atoms with Gasteiger partial charge < -0.3 is 9.67 Å². The lowest BCUT2D eigenvalue weighted by atomic mass is 10.1. The Labute approximate surface area is 190 Å². The highest BCUT2D eigenvalue weighted by molar-refractivity contribution is 6.23. The molecule has 3 heterocycles. The smallest absolute Gasteiger partial charge is 0.421 e. The van der Waals surface area contributed by atoms with E-state index in [2.05, 4.69) is 15.2 Å². The number of guanidine groups is 1. The number of likely N-dealkylation sites (N-methyl/N-ethyl adjacent to an activating group) is 3. The van der Waals surface area contributed by atoms with Crippen molar-refractivity contribution in [3.63, 3.8) is 0 Å². The standard InChI is InChI=1S/C20H19FN8O5/c1-26-13-14(27(2)20(34)28(3)17(13)32)23-18(26)25-22-8-12-15(30)24-19(33)29(16(12)31)9-10-4-6-11(21)7-5-10/h4-8,13H,9H2,1-3H3,(H2,22,24,30,31,33). The number of halogens is 1. The van der Waals surface area contributed by atoms with Gasteiger partial charge in [0.2, 0.25) is 6.04 Å². The Morgan fingerprint density at radius 3 is 2.50 bits per heavy atom. The number of amidine groups is 1. The molecule has 3 amide bonds. The number of imide groups is 1. The number of carbonyl (C=O) groups is 2. The van der Waals surface area contributed by atoms with Crippen LogP contribution in [0.5, 0.6) is 5.88 Å². The zero-order valence-corrected chi connectivity index (χ0v) is 18.3. The number of aromatic amines is 1. The number of rotatable bonds is 4. The summed E-state index contributed by atoms with van der Waals surface area (Å²) >= 11 is 0. The molecule has 4 rings (SSSR count). The summed E-state index contributed by atoms with van der Waals surface area (Å²) in [6, 6.07) is 3.81. The minimum absolute atomic E-state index is 0.100. The van der Waals surface area contributed by atoms with Gasteiger partial charge in [0, 0.05) is 14.1 Å². The zero-order chi connectivity index (χ0) is 24.7. The zero-order valence-electron chi connectivity index (χ0n) is 18.3. The van der Waals surface area contributed by atoms with Crippen molar-refractivity contribution in [3.05, 3.63) is 62.0 Å². The van der Waals surface area contributed by atoms with Crippen LogP contribution in [-0.2, 0) is 11.3 Å². The van der Waals surface area contributed by atoms with E-state index in [1.165, 1.54) is 48.2 Å². The van der Waals surface area contributed by atoms with Crippen LogP contribution in [0.2, 0.25) is 0 Å². The lowest BCUT2D eigenvalue weighted by Gasteiger charge is -2.30. The first-order valence-electron chi connectivity index (χ1n) is 9.91. The Bertz CT molecular complexity index is 1400. The van der Waals surface area contributed by atoms with Crippen molar-refractivity contribution in [3.8, 4) is 5.88 Å². The van der Waals surface area contributed by atoms with Crippen LogP contribution in [0, 0.1) is 5.82 Å². The molecular weight excluding hydrogens is 451 g/mol. The van der Waals surface area contributed by atoms with Crippen molar-refractivity contribution in [2.45, 2.75) is 12.6 Å². The summed E-state index contributed by atoms with van der Waals surface area (Å²) in [6.07, 6.45) is 0.924. The first-order chi connectivity index (χ1) is 16.1. The quantitative estimate of drug-likeness (QED) is 0.281. The van der Waals surface area contributed by atoms with Gasteiger partial charge in [-0.15, -0.1) is 5.10 Å². The average molecular weight is 470 g/mol. The fraction of sp³-hybridized carbons (Fsp3) is 0.250. The third-order valence-corrected chi connectivity index (χ3v) is 5.47. The van der Waals surface area contributed by atoms with Crippen LogP contribution in [0.15, 0.2) is 39.0 Å². The van der Waals surface area contributed by atoms with Crippen molar-refractivity contribution in [2.24, 2.45) is 5.10 Å².